The Bertz CT molecular complexity index is 145. The fourth-order valence-corrected chi connectivity index (χ4v) is 1.24. The predicted molar refractivity (Wildman–Crippen MR) is 42.7 cm³/mol. The maximum atomic E-state index is 10.7. The second-order valence-electron chi connectivity index (χ2n) is 2.05. The Labute approximate surface area is 72.6 Å². The second kappa shape index (κ2) is 6.37. The molecule has 64 valence electrons. The third-order valence-electron chi connectivity index (χ3n) is 0.945. The molecule has 0 bridgehead atoms. The molecule has 0 spiro atoms. The molecule has 0 aromatic carbocycles. The van der Waals surface area contributed by atoms with E-state index in [1.807, 2.05) is 6.92 Å². The molecule has 0 saturated heterocycles. The first-order valence-electron chi connectivity index (χ1n) is 3.52. The summed E-state index contributed by atoms with van der Waals surface area (Å²) in [6, 6.07) is 0. The number of rotatable bonds is 5. The van der Waals surface area contributed by atoms with E-state index in [0.717, 1.165) is 12.8 Å². The molecule has 0 radical (unpaired) electrons. The number of ether oxygens (including phenoxy) is 1. The Morgan fingerprint density at radius 2 is 2.09 bits per heavy atom. The Morgan fingerprint density at radius 1 is 1.45 bits per heavy atom. The average molecular weight is 223 g/mol. The molecule has 0 fully saturated rings. The van der Waals surface area contributed by atoms with Crippen LogP contribution >= 0.6 is 0 Å². The van der Waals surface area contributed by atoms with E-state index in [9.17, 15) is 9.59 Å². The van der Waals surface area contributed by atoms with Gasteiger partial charge in [0.2, 0.25) is 0 Å². The zero-order valence-corrected chi connectivity index (χ0v) is 8.47. The third-order valence-corrected chi connectivity index (χ3v) is 2.14. The minimum absolute atomic E-state index is 0.0843. The van der Waals surface area contributed by atoms with Crippen LogP contribution in [0.4, 0.5) is 4.79 Å². The summed E-state index contributed by atoms with van der Waals surface area (Å²) in [5.41, 5.74) is 0. The molecule has 0 aromatic heterocycles. The first-order valence-corrected chi connectivity index (χ1v) is 5.23. The van der Waals surface area contributed by atoms with Crippen LogP contribution in [-0.4, -0.2) is 31.1 Å². The fourth-order valence-electron chi connectivity index (χ4n) is 0.447. The normalized spacial score (nSPS) is 9.27. The van der Waals surface area contributed by atoms with Gasteiger partial charge in [-0.2, -0.15) is 0 Å². The molecule has 0 aliphatic heterocycles. The van der Waals surface area contributed by atoms with E-state index >= 15 is 0 Å². The molecule has 11 heavy (non-hydrogen) atoms. The van der Waals surface area contributed by atoms with Gasteiger partial charge in [-0.1, -0.05) is 0 Å². The van der Waals surface area contributed by atoms with E-state index in [2.05, 4.69) is 0 Å². The molecule has 0 amide bonds. The van der Waals surface area contributed by atoms with Crippen molar-refractivity contribution >= 4 is 24.5 Å². The zero-order valence-electron chi connectivity index (χ0n) is 6.75. The molecule has 0 aliphatic rings. The molecule has 3 nitrogen and oxygen atoms in total. The Kier molecular flexibility index (Phi) is 6.18. The van der Waals surface area contributed by atoms with Crippen LogP contribution < -0.4 is 0 Å². The quantitative estimate of drug-likeness (QED) is 0.519. The van der Waals surface area contributed by atoms with E-state index in [0.29, 0.717) is 6.61 Å². The molecule has 0 N–H and O–H groups in total. The number of hydrogen-bond donors (Lipinski definition) is 0. The van der Waals surface area contributed by atoms with E-state index in [1.54, 1.807) is 0 Å². The van der Waals surface area contributed by atoms with Gasteiger partial charge in [0.25, 0.3) is 0 Å². The predicted octanol–water partition coefficient (Wildman–Crippen LogP) is 1.17. The summed E-state index contributed by atoms with van der Waals surface area (Å²) in [5, 5.41) is 0. The molecule has 4 heteroatoms. The van der Waals surface area contributed by atoms with Gasteiger partial charge < -0.3 is 0 Å². The van der Waals surface area contributed by atoms with E-state index in [1.165, 1.54) is 6.92 Å². The first-order chi connectivity index (χ1) is 5.16. The number of unbranched alkanes of at least 4 members (excludes halogenated alkanes) is 1. The summed E-state index contributed by atoms with van der Waals surface area (Å²) >= 11 is -0.617. The standard InChI is InChI=1S/C7H12O3Se/c1-3-4-5-10-7(9)11-6(2)8/h3-5H2,1-2H3. The van der Waals surface area contributed by atoms with Gasteiger partial charge in [-0.05, 0) is 0 Å². The first kappa shape index (κ1) is 10.7. The molecule has 0 aromatic rings. The second-order valence-corrected chi connectivity index (χ2v) is 4.38. The van der Waals surface area contributed by atoms with E-state index < -0.39 is 15.0 Å². The number of hydrogen-bond acceptors (Lipinski definition) is 3. The third kappa shape index (κ3) is 7.56. The maximum absolute atomic E-state index is 10.7. The number of carbonyl (C=O) groups is 2. The van der Waals surface area contributed by atoms with Crippen molar-refractivity contribution in [3.63, 3.8) is 0 Å². The zero-order chi connectivity index (χ0) is 8.69. The van der Waals surface area contributed by atoms with Crippen LogP contribution in [0.1, 0.15) is 26.7 Å². The molecule has 0 saturated carbocycles. The molecular weight excluding hydrogens is 211 g/mol. The topological polar surface area (TPSA) is 43.4 Å². The summed E-state index contributed by atoms with van der Waals surface area (Å²) in [4.78, 5) is 20.8. The summed E-state index contributed by atoms with van der Waals surface area (Å²) in [7, 11) is 0. The molecule has 0 unspecified atom stereocenters. The summed E-state index contributed by atoms with van der Waals surface area (Å²) < 4.78 is 4.68. The van der Waals surface area contributed by atoms with Crippen molar-refractivity contribution < 1.29 is 14.3 Å². The molecular formula is C7H12O3Se. The van der Waals surface area contributed by atoms with Crippen molar-refractivity contribution in [3.05, 3.63) is 0 Å². The SMILES string of the molecule is CCCCOC(=O)[Se]C(C)=O. The van der Waals surface area contributed by atoms with E-state index in [-0.39, 0.29) is 9.55 Å². The van der Waals surface area contributed by atoms with Gasteiger partial charge in [0.15, 0.2) is 0 Å². The van der Waals surface area contributed by atoms with Crippen molar-refractivity contribution in [3.8, 4) is 0 Å². The van der Waals surface area contributed by atoms with E-state index in [4.69, 9.17) is 4.74 Å². The summed E-state index contributed by atoms with van der Waals surface area (Å²) in [6.07, 6.45) is 1.88. The average Bonchev–Trinajstić information content (AvgIpc) is 1.86. The molecule has 0 aliphatic carbocycles. The van der Waals surface area contributed by atoms with Gasteiger partial charge >= 0.3 is 72.1 Å². The molecule has 0 atom stereocenters. The van der Waals surface area contributed by atoms with Crippen LogP contribution in [0, 0.1) is 0 Å². The van der Waals surface area contributed by atoms with Crippen molar-refractivity contribution in [1.29, 1.82) is 0 Å². The van der Waals surface area contributed by atoms with Crippen molar-refractivity contribution in [2.75, 3.05) is 6.61 Å². The van der Waals surface area contributed by atoms with Crippen LogP contribution in [0.15, 0.2) is 0 Å². The van der Waals surface area contributed by atoms with Crippen LogP contribution in [0.5, 0.6) is 0 Å². The molecule has 0 rings (SSSR count). The van der Waals surface area contributed by atoms with Gasteiger partial charge in [0.05, 0.1) is 0 Å². The molecule has 0 heterocycles. The van der Waals surface area contributed by atoms with Gasteiger partial charge in [-0.3, -0.25) is 0 Å². The van der Waals surface area contributed by atoms with Gasteiger partial charge in [-0.25, -0.2) is 0 Å². The van der Waals surface area contributed by atoms with Crippen LogP contribution in [0.25, 0.3) is 0 Å². The number of carbonyl (C=O) groups excluding carboxylic acids is 2. The van der Waals surface area contributed by atoms with Crippen molar-refractivity contribution in [1.82, 2.24) is 0 Å². The Balaban J connectivity index is 3.30. The monoisotopic (exact) mass is 224 g/mol. The fraction of sp³-hybridized carbons (Fsp3) is 0.714. The van der Waals surface area contributed by atoms with Crippen LogP contribution in [-0.2, 0) is 9.53 Å². The Morgan fingerprint density at radius 3 is 2.55 bits per heavy atom. The van der Waals surface area contributed by atoms with Gasteiger partial charge in [0, 0.05) is 0 Å². The minimum atomic E-state index is -0.617. The van der Waals surface area contributed by atoms with Gasteiger partial charge in [0.1, 0.15) is 0 Å². The Hall–Kier alpha value is -0.341. The van der Waals surface area contributed by atoms with Gasteiger partial charge in [-0.15, -0.1) is 0 Å². The van der Waals surface area contributed by atoms with Crippen molar-refractivity contribution in [2.24, 2.45) is 0 Å². The van der Waals surface area contributed by atoms with Crippen LogP contribution in [0.2, 0.25) is 0 Å². The van der Waals surface area contributed by atoms with Crippen LogP contribution in [0.3, 0.4) is 0 Å². The van der Waals surface area contributed by atoms with Crippen molar-refractivity contribution in [2.45, 2.75) is 26.7 Å². The summed E-state index contributed by atoms with van der Waals surface area (Å²) in [6.45, 7) is 3.87. The summed E-state index contributed by atoms with van der Waals surface area (Å²) in [5.74, 6) is 0.